The first-order valence-electron chi connectivity index (χ1n) is 8.81. The average molecular weight is 397 g/mol. The molecule has 0 radical (unpaired) electrons. The topological polar surface area (TPSA) is 143 Å². The number of fused-ring (bicyclic) bond motifs is 3. The molecule has 1 aromatic heterocycles. The number of benzene rings is 2. The number of imidazole rings is 1. The van der Waals surface area contributed by atoms with Gasteiger partial charge in [0.05, 0.1) is 6.61 Å². The van der Waals surface area contributed by atoms with Gasteiger partial charge in [0, 0.05) is 13.0 Å². The number of aromatic hydroxyl groups is 2. The van der Waals surface area contributed by atoms with Crippen molar-refractivity contribution in [2.45, 2.75) is 13.0 Å². The van der Waals surface area contributed by atoms with E-state index in [9.17, 15) is 24.9 Å². The molecule has 0 bridgehead atoms. The van der Waals surface area contributed by atoms with Crippen LogP contribution in [-0.2, 0) is 13.0 Å². The number of rotatable bonds is 4. The monoisotopic (exact) mass is 397 g/mol. The molecular formula is C19H15N3O7. The standard InChI is InChI=1S/C19H15N3O7/c23-4-3-22-11(6-8-1-2-9-10(5-8)29-7-28-9)20-14-15(22)17(25)13-12(16(14)24)18(26)21-19(13)27/h1-2,5,23-25H,3-4,6-7H2,(H,21,26,27). The summed E-state index contributed by atoms with van der Waals surface area (Å²) in [5.74, 6) is -0.889. The van der Waals surface area contributed by atoms with Gasteiger partial charge in [-0.3, -0.25) is 14.9 Å². The van der Waals surface area contributed by atoms with Crippen LogP contribution in [0, 0.1) is 0 Å². The van der Waals surface area contributed by atoms with E-state index in [1.807, 2.05) is 11.4 Å². The first kappa shape index (κ1) is 17.3. The molecule has 0 saturated heterocycles. The molecule has 2 aliphatic rings. The van der Waals surface area contributed by atoms with Gasteiger partial charge in [-0.15, -0.1) is 0 Å². The molecule has 5 rings (SSSR count). The van der Waals surface area contributed by atoms with Crippen molar-refractivity contribution in [3.8, 4) is 23.0 Å². The van der Waals surface area contributed by atoms with Crippen LogP contribution in [0.4, 0.5) is 0 Å². The Morgan fingerprint density at radius 2 is 1.79 bits per heavy atom. The highest BCUT2D eigenvalue weighted by Crippen LogP contribution is 2.42. The lowest BCUT2D eigenvalue weighted by Crippen LogP contribution is -2.20. The fourth-order valence-electron chi connectivity index (χ4n) is 3.76. The summed E-state index contributed by atoms with van der Waals surface area (Å²) in [5.41, 5.74) is 0.285. The number of carbonyl (C=O) groups is 2. The molecule has 0 aliphatic carbocycles. The maximum atomic E-state index is 12.1. The third-order valence-electron chi connectivity index (χ3n) is 5.02. The van der Waals surface area contributed by atoms with Crippen molar-refractivity contribution in [2.24, 2.45) is 0 Å². The van der Waals surface area contributed by atoms with Crippen LogP contribution in [-0.4, -0.2) is 50.1 Å². The molecule has 29 heavy (non-hydrogen) atoms. The van der Waals surface area contributed by atoms with Gasteiger partial charge in [-0.1, -0.05) is 6.07 Å². The lowest BCUT2D eigenvalue weighted by Gasteiger charge is -2.10. The Morgan fingerprint density at radius 3 is 2.55 bits per heavy atom. The fourth-order valence-corrected chi connectivity index (χ4v) is 3.76. The molecule has 0 fully saturated rings. The smallest absolute Gasteiger partial charge is 0.262 e. The van der Waals surface area contributed by atoms with Crippen molar-refractivity contribution >= 4 is 22.8 Å². The predicted octanol–water partition coefficient (Wildman–Crippen LogP) is 0.643. The number of aliphatic hydroxyl groups excluding tert-OH is 1. The molecule has 0 saturated carbocycles. The van der Waals surface area contributed by atoms with Crippen LogP contribution in [0.3, 0.4) is 0 Å². The summed E-state index contributed by atoms with van der Waals surface area (Å²) < 4.78 is 12.2. The maximum Gasteiger partial charge on any atom is 0.262 e. The van der Waals surface area contributed by atoms with Crippen LogP contribution in [0.25, 0.3) is 11.0 Å². The maximum absolute atomic E-state index is 12.1. The van der Waals surface area contributed by atoms with E-state index >= 15 is 0 Å². The Morgan fingerprint density at radius 1 is 1.07 bits per heavy atom. The van der Waals surface area contributed by atoms with Gasteiger partial charge in [0.15, 0.2) is 23.0 Å². The summed E-state index contributed by atoms with van der Waals surface area (Å²) >= 11 is 0. The second-order valence-corrected chi connectivity index (χ2v) is 6.70. The van der Waals surface area contributed by atoms with Crippen LogP contribution in [0.1, 0.15) is 32.1 Å². The molecule has 2 aromatic carbocycles. The Kier molecular flexibility index (Phi) is 3.65. The number of phenolic OH excluding ortho intramolecular Hbond substituents is 2. The Balaban J connectivity index is 1.69. The zero-order valence-corrected chi connectivity index (χ0v) is 14.9. The third kappa shape index (κ3) is 2.42. The molecular weight excluding hydrogens is 382 g/mol. The van der Waals surface area contributed by atoms with Gasteiger partial charge in [0.2, 0.25) is 6.79 Å². The summed E-state index contributed by atoms with van der Waals surface area (Å²) in [4.78, 5) is 28.5. The summed E-state index contributed by atoms with van der Waals surface area (Å²) in [6.45, 7) is -0.0506. The van der Waals surface area contributed by atoms with E-state index in [0.29, 0.717) is 17.3 Å². The van der Waals surface area contributed by atoms with Gasteiger partial charge < -0.3 is 29.4 Å². The van der Waals surface area contributed by atoms with E-state index in [1.54, 1.807) is 12.1 Å². The molecule has 10 heteroatoms. The molecule has 4 N–H and O–H groups in total. The molecule has 3 aromatic rings. The van der Waals surface area contributed by atoms with Gasteiger partial charge in [-0.05, 0) is 17.7 Å². The Hall–Kier alpha value is -3.79. The van der Waals surface area contributed by atoms with Gasteiger partial charge >= 0.3 is 0 Å². The minimum absolute atomic E-state index is 0.0182. The number of phenols is 2. The number of nitrogens with zero attached hydrogens (tertiary/aromatic N) is 2. The van der Waals surface area contributed by atoms with Crippen molar-refractivity contribution in [1.29, 1.82) is 0 Å². The Labute approximate surface area is 162 Å². The average Bonchev–Trinajstić information content (AvgIpc) is 3.36. The molecule has 2 aliphatic heterocycles. The van der Waals surface area contributed by atoms with E-state index in [-0.39, 0.29) is 48.5 Å². The van der Waals surface area contributed by atoms with Crippen molar-refractivity contribution in [3.05, 3.63) is 40.7 Å². The van der Waals surface area contributed by atoms with Crippen LogP contribution in [0.2, 0.25) is 0 Å². The van der Waals surface area contributed by atoms with Crippen LogP contribution < -0.4 is 14.8 Å². The lowest BCUT2D eigenvalue weighted by atomic mass is 10.1. The third-order valence-corrected chi connectivity index (χ3v) is 5.02. The minimum Gasteiger partial charge on any atom is -0.505 e. The van der Waals surface area contributed by atoms with Crippen LogP contribution in [0.5, 0.6) is 23.0 Å². The van der Waals surface area contributed by atoms with Crippen molar-refractivity contribution in [1.82, 2.24) is 14.9 Å². The molecule has 0 unspecified atom stereocenters. The number of aliphatic hydroxyl groups is 1. The van der Waals surface area contributed by atoms with Gasteiger partial charge in [0.25, 0.3) is 11.8 Å². The van der Waals surface area contributed by atoms with E-state index in [1.165, 1.54) is 4.57 Å². The number of imide groups is 1. The van der Waals surface area contributed by atoms with E-state index in [0.717, 1.165) is 5.56 Å². The fraction of sp³-hybridized carbons (Fsp3) is 0.211. The van der Waals surface area contributed by atoms with E-state index in [2.05, 4.69) is 4.98 Å². The molecule has 10 nitrogen and oxygen atoms in total. The van der Waals surface area contributed by atoms with E-state index in [4.69, 9.17) is 9.47 Å². The zero-order chi connectivity index (χ0) is 20.3. The Bertz CT molecular complexity index is 1210. The normalized spacial score (nSPS) is 14.5. The summed E-state index contributed by atoms with van der Waals surface area (Å²) in [5, 5.41) is 32.8. The van der Waals surface area contributed by atoms with Gasteiger partial charge in [0.1, 0.15) is 28.0 Å². The van der Waals surface area contributed by atoms with Gasteiger partial charge in [-0.25, -0.2) is 4.98 Å². The number of aromatic nitrogens is 2. The van der Waals surface area contributed by atoms with Crippen molar-refractivity contribution < 1.29 is 34.4 Å². The predicted molar refractivity (Wildman–Crippen MR) is 97.3 cm³/mol. The molecule has 3 heterocycles. The highest BCUT2D eigenvalue weighted by atomic mass is 16.7. The first-order valence-corrected chi connectivity index (χ1v) is 8.81. The van der Waals surface area contributed by atoms with E-state index < -0.39 is 23.3 Å². The molecule has 2 amide bonds. The second-order valence-electron chi connectivity index (χ2n) is 6.70. The van der Waals surface area contributed by atoms with Crippen molar-refractivity contribution in [2.75, 3.05) is 13.4 Å². The summed E-state index contributed by atoms with van der Waals surface area (Å²) in [6.07, 6.45) is 0.287. The van der Waals surface area contributed by atoms with Crippen LogP contribution >= 0.6 is 0 Å². The molecule has 0 atom stereocenters. The summed E-state index contributed by atoms with van der Waals surface area (Å²) in [7, 11) is 0. The number of ether oxygens (including phenoxy) is 2. The lowest BCUT2D eigenvalue weighted by molar-refractivity contribution is 0.0878. The first-order chi connectivity index (χ1) is 14.0. The minimum atomic E-state index is -0.797. The molecule has 0 spiro atoms. The number of nitrogens with one attached hydrogen (secondary N) is 1. The number of amides is 2. The summed E-state index contributed by atoms with van der Waals surface area (Å²) in [6, 6.07) is 5.39. The second kappa shape index (κ2) is 6.11. The largest absolute Gasteiger partial charge is 0.505 e. The number of hydrogen-bond donors (Lipinski definition) is 4. The number of carbonyl (C=O) groups excluding carboxylic acids is 2. The zero-order valence-electron chi connectivity index (χ0n) is 14.9. The quantitative estimate of drug-likeness (QED) is 0.371. The van der Waals surface area contributed by atoms with Gasteiger partial charge in [-0.2, -0.15) is 0 Å². The number of hydrogen-bond acceptors (Lipinski definition) is 8. The van der Waals surface area contributed by atoms with Crippen molar-refractivity contribution in [3.63, 3.8) is 0 Å². The highest BCUT2D eigenvalue weighted by Gasteiger charge is 2.37. The molecule has 148 valence electrons. The SMILES string of the molecule is O=C1NC(=O)c2c1c(O)c1nc(Cc3ccc4c(c3)OCO4)n(CCO)c1c2O. The van der Waals surface area contributed by atoms with Crippen LogP contribution in [0.15, 0.2) is 18.2 Å². The highest BCUT2D eigenvalue weighted by molar-refractivity contribution is 6.26.